The molecule has 0 fully saturated rings. The maximum atomic E-state index is 14.9. The van der Waals surface area contributed by atoms with E-state index in [1.165, 1.54) is 0 Å². The molecule has 0 radical (unpaired) electrons. The molecule has 0 saturated heterocycles. The van der Waals surface area contributed by atoms with E-state index in [0.29, 0.717) is 28.4 Å². The molecule has 0 aliphatic carbocycles. The van der Waals surface area contributed by atoms with E-state index in [2.05, 4.69) is 0 Å². The summed E-state index contributed by atoms with van der Waals surface area (Å²) < 4.78 is 36.2. The first-order valence-corrected chi connectivity index (χ1v) is 13.3. The number of methoxy groups -OCH3 is 1. The van der Waals surface area contributed by atoms with Crippen LogP contribution in [-0.2, 0) is 0 Å². The Bertz CT molecular complexity index is 1770. The van der Waals surface area contributed by atoms with Gasteiger partial charge in [0, 0.05) is 22.4 Å². The van der Waals surface area contributed by atoms with Crippen molar-refractivity contribution < 1.29 is 13.4 Å². The first-order chi connectivity index (χ1) is 20.0. The molecular weight excluding hydrogens is 515 g/mol. The van der Waals surface area contributed by atoms with Gasteiger partial charge in [-0.2, -0.15) is 0 Å². The van der Waals surface area contributed by atoms with Gasteiger partial charge >= 0.3 is 7.40 Å². The molecule has 1 aliphatic rings. The first-order valence-electron chi connectivity index (χ1n) is 13.3. The number of aliphatic imine (C=N–C) groups is 2. The highest BCUT2D eigenvalue weighted by Gasteiger charge is 2.29. The molecule has 0 unspecified atom stereocenters. The molecule has 1 aromatic heterocycles. The van der Waals surface area contributed by atoms with Gasteiger partial charge in [0.1, 0.15) is 11.6 Å². The van der Waals surface area contributed by atoms with Crippen LogP contribution in [0.25, 0.3) is 28.0 Å². The molecule has 7 heteroatoms. The molecule has 0 saturated carbocycles. The van der Waals surface area contributed by atoms with Crippen molar-refractivity contribution in [3.8, 4) is 28.1 Å². The molecule has 1 aliphatic heterocycles. The van der Waals surface area contributed by atoms with Crippen molar-refractivity contribution in [3.05, 3.63) is 138 Å². The van der Waals surface area contributed by atoms with Crippen molar-refractivity contribution in [2.45, 2.75) is 6.92 Å². The average Bonchev–Trinajstić information content (AvgIpc) is 3.61. The third-order valence-corrected chi connectivity index (χ3v) is 7.07. The number of allylic oxidation sites excluding steroid dienone is 1. The lowest BCUT2D eigenvalue weighted by Crippen LogP contribution is -2.14. The van der Waals surface area contributed by atoms with Crippen LogP contribution in [-0.4, -0.2) is 30.5 Å². The maximum Gasteiger partial charge on any atom is 0.679 e. The first kappa shape index (κ1) is 26.2. The molecule has 0 N–H and O–H groups in total. The Hall–Kier alpha value is -5.04. The Labute approximate surface area is 238 Å². The highest BCUT2D eigenvalue weighted by atomic mass is 19.2. The van der Waals surface area contributed by atoms with Gasteiger partial charge in [-0.1, -0.05) is 103 Å². The summed E-state index contributed by atoms with van der Waals surface area (Å²) in [6.45, 7) is 2.02. The number of hydrogen-bond acceptors (Lipinski definition) is 2. The highest BCUT2D eigenvalue weighted by molar-refractivity contribution is 6.43. The summed E-state index contributed by atoms with van der Waals surface area (Å²) in [7, 11) is -1.24. The monoisotopic (exact) mass is 541 g/mol. The molecule has 0 bridgehead atoms. The molecule has 5 aromatic rings. The van der Waals surface area contributed by atoms with Gasteiger partial charge in [0.25, 0.3) is 0 Å². The summed E-state index contributed by atoms with van der Waals surface area (Å²) in [6, 6.07) is 36.1. The zero-order valence-corrected chi connectivity index (χ0v) is 22.6. The number of ether oxygens (including phenoxy) is 1. The van der Waals surface area contributed by atoms with Gasteiger partial charge in [0.2, 0.25) is 0 Å². The normalized spacial score (nSPS) is 13.7. The van der Waals surface area contributed by atoms with Gasteiger partial charge in [0.15, 0.2) is 5.84 Å². The number of nitrogens with zero attached hydrogens (tertiary/aromatic N) is 3. The van der Waals surface area contributed by atoms with Crippen LogP contribution in [0, 0.1) is 6.92 Å². The smallest absolute Gasteiger partial charge is 0.497 e. The molecule has 41 heavy (non-hydrogen) atoms. The largest absolute Gasteiger partial charge is 0.679 e. The molecule has 4 aromatic carbocycles. The zero-order chi connectivity index (χ0) is 28.3. The maximum absolute atomic E-state index is 14.9. The number of hydrogen-bond donors (Lipinski definition) is 0. The van der Waals surface area contributed by atoms with E-state index >= 15 is 0 Å². The number of amidine groups is 1. The van der Waals surface area contributed by atoms with E-state index in [-0.39, 0.29) is 5.82 Å². The quantitative estimate of drug-likeness (QED) is 0.190. The average molecular weight is 541 g/mol. The van der Waals surface area contributed by atoms with Gasteiger partial charge in [-0.3, -0.25) is 8.63 Å². The standard InChI is InChI=1S/C34H26BF2N3O/c1-23-13-15-24(16-14-23)29-21-31(26-9-5-3-6-10-26)38-33(29)39-34-30(25-17-19-28(41-2)20-18-25)22-32(40(34)35(36)37)27-11-7-4-8-12-27/h3-22H,1-2H3. The predicted octanol–water partition coefficient (Wildman–Crippen LogP) is 8.53. The summed E-state index contributed by atoms with van der Waals surface area (Å²) in [5, 5.41) is 0. The summed E-state index contributed by atoms with van der Waals surface area (Å²) in [5.41, 5.74) is 6.81. The minimum absolute atomic E-state index is 0.134. The Morgan fingerprint density at radius 1 is 0.732 bits per heavy atom. The minimum atomic E-state index is -2.83. The fraction of sp³-hybridized carbons (Fsp3) is 0.0588. The van der Waals surface area contributed by atoms with Gasteiger partial charge in [0.05, 0.1) is 12.8 Å². The summed E-state index contributed by atoms with van der Waals surface area (Å²) in [5.74, 6) is 1.19. The minimum Gasteiger partial charge on any atom is -0.497 e. The SMILES string of the molecule is COc1ccc(-c2cc(-c3ccccc3)n(B(F)F)c2N=C2N=C(c3ccccc3)C=C2c2ccc(C)cc2)cc1. The van der Waals surface area contributed by atoms with E-state index < -0.39 is 7.40 Å². The zero-order valence-electron chi connectivity index (χ0n) is 22.6. The van der Waals surface area contributed by atoms with Crippen molar-refractivity contribution in [1.82, 2.24) is 4.48 Å². The summed E-state index contributed by atoms with van der Waals surface area (Å²) >= 11 is 0. The number of aromatic nitrogens is 1. The Morgan fingerprint density at radius 2 is 1.34 bits per heavy atom. The van der Waals surface area contributed by atoms with E-state index in [4.69, 9.17) is 14.7 Å². The van der Waals surface area contributed by atoms with Crippen molar-refractivity contribution >= 4 is 30.3 Å². The number of aryl methyl sites for hydroxylation is 1. The second-order valence-electron chi connectivity index (χ2n) is 9.73. The molecule has 2 heterocycles. The molecule has 6 rings (SSSR count). The topological polar surface area (TPSA) is 38.9 Å². The fourth-order valence-electron chi connectivity index (χ4n) is 4.94. The molecule has 0 amide bonds. The second kappa shape index (κ2) is 11.2. The van der Waals surface area contributed by atoms with Crippen LogP contribution in [0.15, 0.2) is 131 Å². The van der Waals surface area contributed by atoms with Crippen LogP contribution in [0.1, 0.15) is 16.7 Å². The van der Waals surface area contributed by atoms with Gasteiger partial charge in [-0.05, 0) is 47.9 Å². The van der Waals surface area contributed by atoms with E-state index in [0.717, 1.165) is 38.0 Å². The fourth-order valence-corrected chi connectivity index (χ4v) is 4.94. The van der Waals surface area contributed by atoms with E-state index in [1.807, 2.05) is 122 Å². The van der Waals surface area contributed by atoms with Crippen LogP contribution >= 0.6 is 0 Å². The van der Waals surface area contributed by atoms with Crippen LogP contribution in [0.3, 0.4) is 0 Å². The predicted molar refractivity (Wildman–Crippen MR) is 164 cm³/mol. The van der Waals surface area contributed by atoms with Gasteiger partial charge in [-0.25, -0.2) is 9.98 Å². The molecule has 4 nitrogen and oxygen atoms in total. The lowest BCUT2D eigenvalue weighted by Gasteiger charge is -2.11. The Kier molecular flexibility index (Phi) is 7.17. The van der Waals surface area contributed by atoms with Crippen LogP contribution in [0.4, 0.5) is 14.4 Å². The molecular formula is C34H26BF2N3O. The number of rotatable bonds is 7. The molecule has 0 spiro atoms. The third-order valence-electron chi connectivity index (χ3n) is 7.07. The van der Waals surface area contributed by atoms with Gasteiger partial charge < -0.3 is 9.21 Å². The number of halogens is 2. The van der Waals surface area contributed by atoms with Crippen molar-refractivity contribution in [1.29, 1.82) is 0 Å². The van der Waals surface area contributed by atoms with Crippen LogP contribution < -0.4 is 4.74 Å². The van der Waals surface area contributed by atoms with Crippen molar-refractivity contribution in [2.24, 2.45) is 9.98 Å². The second-order valence-corrected chi connectivity index (χ2v) is 9.73. The van der Waals surface area contributed by atoms with E-state index in [1.54, 1.807) is 13.2 Å². The summed E-state index contributed by atoms with van der Waals surface area (Å²) in [6.07, 6.45) is 1.97. The van der Waals surface area contributed by atoms with Crippen molar-refractivity contribution in [3.63, 3.8) is 0 Å². The highest BCUT2D eigenvalue weighted by Crippen LogP contribution is 2.41. The van der Waals surface area contributed by atoms with Crippen LogP contribution in [0.5, 0.6) is 5.75 Å². The Morgan fingerprint density at radius 3 is 1.95 bits per heavy atom. The van der Waals surface area contributed by atoms with Gasteiger partial charge in [-0.15, -0.1) is 0 Å². The lowest BCUT2D eigenvalue weighted by molar-refractivity contribution is 0.415. The summed E-state index contributed by atoms with van der Waals surface area (Å²) in [4.78, 5) is 9.79. The Balaban J connectivity index is 1.60. The number of benzene rings is 4. The van der Waals surface area contributed by atoms with Crippen LogP contribution in [0.2, 0.25) is 0 Å². The van der Waals surface area contributed by atoms with E-state index in [9.17, 15) is 8.63 Å². The lowest BCUT2D eigenvalue weighted by atomic mass is 10.0. The third kappa shape index (κ3) is 5.26. The van der Waals surface area contributed by atoms with Crippen molar-refractivity contribution in [2.75, 3.05) is 7.11 Å². The molecule has 0 atom stereocenters. The molecule has 200 valence electrons.